The molecule has 0 aliphatic rings. The summed E-state index contributed by atoms with van der Waals surface area (Å²) in [6.45, 7) is 1.82. The predicted octanol–water partition coefficient (Wildman–Crippen LogP) is 5.29. The van der Waals surface area contributed by atoms with E-state index in [1.54, 1.807) is 12.1 Å². The molecule has 0 bridgehead atoms. The summed E-state index contributed by atoms with van der Waals surface area (Å²) >= 11 is 1.36. The molecule has 0 fully saturated rings. The van der Waals surface area contributed by atoms with E-state index in [0.717, 1.165) is 27.6 Å². The molecule has 30 heavy (non-hydrogen) atoms. The number of aromatic nitrogens is 3. The number of thioether (sulfide) groups is 1. The molecule has 2 heterocycles. The molecule has 148 valence electrons. The van der Waals surface area contributed by atoms with E-state index in [4.69, 9.17) is 9.97 Å². The number of nitrogens with zero attached hydrogens (tertiary/aromatic N) is 3. The van der Waals surface area contributed by atoms with Crippen LogP contribution in [-0.4, -0.2) is 25.5 Å². The highest BCUT2D eigenvalue weighted by molar-refractivity contribution is 8.00. The number of para-hydroxylation sites is 3. The van der Waals surface area contributed by atoms with Crippen LogP contribution in [0.15, 0.2) is 78.0 Å². The van der Waals surface area contributed by atoms with Crippen molar-refractivity contribution in [1.29, 1.82) is 0 Å². The van der Waals surface area contributed by atoms with Gasteiger partial charge in [0.25, 0.3) is 0 Å². The molecule has 0 aliphatic heterocycles. The van der Waals surface area contributed by atoms with E-state index in [-0.39, 0.29) is 11.7 Å². The molecule has 1 atom stereocenters. The van der Waals surface area contributed by atoms with Gasteiger partial charge in [0.1, 0.15) is 11.5 Å². The third-order valence-corrected chi connectivity index (χ3v) is 5.93. The van der Waals surface area contributed by atoms with Crippen LogP contribution in [0.25, 0.3) is 27.6 Å². The zero-order valence-electron chi connectivity index (χ0n) is 16.0. The van der Waals surface area contributed by atoms with Crippen LogP contribution in [0.2, 0.25) is 0 Å². The van der Waals surface area contributed by atoms with Gasteiger partial charge in [0.05, 0.1) is 21.8 Å². The maximum atomic E-state index is 13.1. The van der Waals surface area contributed by atoms with Crippen LogP contribution in [0.4, 0.5) is 10.1 Å². The predicted molar refractivity (Wildman–Crippen MR) is 118 cm³/mol. The summed E-state index contributed by atoms with van der Waals surface area (Å²) in [6.07, 6.45) is 0. The van der Waals surface area contributed by atoms with Crippen molar-refractivity contribution in [2.75, 3.05) is 5.32 Å². The fourth-order valence-corrected chi connectivity index (χ4v) is 4.30. The molecule has 1 amide bonds. The van der Waals surface area contributed by atoms with E-state index in [9.17, 15) is 9.18 Å². The van der Waals surface area contributed by atoms with Crippen molar-refractivity contribution in [2.24, 2.45) is 0 Å². The van der Waals surface area contributed by atoms with Gasteiger partial charge in [-0.05, 0) is 55.5 Å². The van der Waals surface area contributed by atoms with Gasteiger partial charge in [-0.3, -0.25) is 9.20 Å². The molecule has 1 N–H and O–H groups in total. The Bertz CT molecular complexity index is 1400. The van der Waals surface area contributed by atoms with Gasteiger partial charge in [-0.2, -0.15) is 0 Å². The first kappa shape index (κ1) is 18.6. The summed E-state index contributed by atoms with van der Waals surface area (Å²) < 4.78 is 15.1. The third kappa shape index (κ3) is 3.27. The molecular weight excluding hydrogens is 399 g/mol. The van der Waals surface area contributed by atoms with Crippen LogP contribution >= 0.6 is 11.8 Å². The molecule has 0 saturated carbocycles. The van der Waals surface area contributed by atoms with Crippen molar-refractivity contribution in [2.45, 2.75) is 17.3 Å². The molecule has 0 aliphatic carbocycles. The highest BCUT2D eigenvalue weighted by Gasteiger charge is 2.20. The Morgan fingerprint density at radius 1 is 0.967 bits per heavy atom. The summed E-state index contributed by atoms with van der Waals surface area (Å²) in [5, 5.41) is 4.06. The molecule has 5 aromatic rings. The third-order valence-electron chi connectivity index (χ3n) is 4.88. The Hall–Kier alpha value is -3.45. The van der Waals surface area contributed by atoms with Crippen LogP contribution in [-0.2, 0) is 4.79 Å². The SMILES string of the molecule is C[C@H](Sc1nc2ccccc2c2nc3ccccc3n12)C(=O)Nc1ccc(F)cc1. The molecule has 0 spiro atoms. The van der Waals surface area contributed by atoms with E-state index in [2.05, 4.69) is 5.32 Å². The van der Waals surface area contributed by atoms with Crippen molar-refractivity contribution in [3.63, 3.8) is 0 Å². The Balaban J connectivity index is 1.55. The normalized spacial score (nSPS) is 12.5. The second-order valence-corrected chi connectivity index (χ2v) is 8.24. The van der Waals surface area contributed by atoms with Crippen molar-refractivity contribution in [3.05, 3.63) is 78.6 Å². The Labute approximate surface area is 176 Å². The van der Waals surface area contributed by atoms with Crippen LogP contribution in [0.3, 0.4) is 0 Å². The monoisotopic (exact) mass is 416 g/mol. The minimum absolute atomic E-state index is 0.181. The molecule has 0 radical (unpaired) electrons. The topological polar surface area (TPSA) is 59.3 Å². The number of nitrogens with one attached hydrogen (secondary N) is 1. The smallest absolute Gasteiger partial charge is 0.237 e. The number of halogens is 1. The number of amides is 1. The summed E-state index contributed by atoms with van der Waals surface area (Å²) in [4.78, 5) is 22.4. The zero-order chi connectivity index (χ0) is 20.7. The fraction of sp³-hybridized carbons (Fsp3) is 0.0870. The van der Waals surface area contributed by atoms with E-state index < -0.39 is 5.25 Å². The average molecular weight is 416 g/mol. The Morgan fingerprint density at radius 2 is 1.67 bits per heavy atom. The largest absolute Gasteiger partial charge is 0.325 e. The van der Waals surface area contributed by atoms with Crippen LogP contribution in [0.1, 0.15) is 6.92 Å². The van der Waals surface area contributed by atoms with E-state index in [0.29, 0.717) is 10.8 Å². The maximum Gasteiger partial charge on any atom is 0.237 e. The number of hydrogen-bond acceptors (Lipinski definition) is 4. The van der Waals surface area contributed by atoms with Crippen LogP contribution in [0, 0.1) is 5.82 Å². The molecule has 2 aromatic heterocycles. The molecule has 5 rings (SSSR count). The van der Waals surface area contributed by atoms with Gasteiger partial charge in [0.2, 0.25) is 5.91 Å². The number of rotatable bonds is 4. The number of anilines is 1. The summed E-state index contributed by atoms with van der Waals surface area (Å²) in [5.74, 6) is -0.524. The molecule has 0 unspecified atom stereocenters. The lowest BCUT2D eigenvalue weighted by atomic mass is 10.2. The lowest BCUT2D eigenvalue weighted by molar-refractivity contribution is -0.115. The summed E-state index contributed by atoms with van der Waals surface area (Å²) in [6, 6.07) is 21.5. The highest BCUT2D eigenvalue weighted by Crippen LogP contribution is 2.31. The van der Waals surface area contributed by atoms with E-state index in [1.807, 2.05) is 59.9 Å². The average Bonchev–Trinajstić information content (AvgIpc) is 3.15. The first-order valence-corrected chi connectivity index (χ1v) is 10.4. The number of carbonyl (C=O) groups is 1. The standard InChI is InChI=1S/C23H17FN4OS/c1-14(22(29)25-16-12-10-15(24)11-13-16)30-23-27-18-7-3-2-6-17(18)21-26-19-8-4-5-9-20(19)28(21)23/h2-14H,1H3,(H,25,29)/t14-/m0/s1. The molecule has 0 saturated heterocycles. The second kappa shape index (κ2) is 7.42. The van der Waals surface area contributed by atoms with Gasteiger partial charge in [0.15, 0.2) is 5.16 Å². The number of benzene rings is 3. The van der Waals surface area contributed by atoms with Gasteiger partial charge >= 0.3 is 0 Å². The number of imidazole rings is 1. The molecule has 3 aromatic carbocycles. The van der Waals surface area contributed by atoms with Crippen LogP contribution < -0.4 is 5.32 Å². The van der Waals surface area contributed by atoms with E-state index >= 15 is 0 Å². The van der Waals surface area contributed by atoms with Gasteiger partial charge < -0.3 is 5.32 Å². The summed E-state index contributed by atoms with van der Waals surface area (Å²) in [7, 11) is 0. The Morgan fingerprint density at radius 3 is 2.47 bits per heavy atom. The lowest BCUT2D eigenvalue weighted by Crippen LogP contribution is -2.22. The first-order valence-electron chi connectivity index (χ1n) is 9.49. The first-order chi connectivity index (χ1) is 14.6. The van der Waals surface area contributed by atoms with Gasteiger partial charge in [-0.1, -0.05) is 36.0 Å². The minimum atomic E-state index is -0.423. The van der Waals surface area contributed by atoms with Crippen molar-refractivity contribution < 1.29 is 9.18 Å². The zero-order valence-corrected chi connectivity index (χ0v) is 16.9. The number of fused-ring (bicyclic) bond motifs is 5. The lowest BCUT2D eigenvalue weighted by Gasteiger charge is -2.14. The fourth-order valence-electron chi connectivity index (χ4n) is 3.38. The number of hydrogen-bond donors (Lipinski definition) is 1. The number of carbonyl (C=O) groups excluding carboxylic acids is 1. The molecule has 5 nitrogen and oxygen atoms in total. The van der Waals surface area contributed by atoms with Crippen molar-refractivity contribution >= 4 is 50.9 Å². The van der Waals surface area contributed by atoms with Crippen molar-refractivity contribution in [1.82, 2.24) is 14.4 Å². The quantitative estimate of drug-likeness (QED) is 0.319. The van der Waals surface area contributed by atoms with Crippen LogP contribution in [0.5, 0.6) is 0 Å². The van der Waals surface area contributed by atoms with Gasteiger partial charge in [0, 0.05) is 11.1 Å². The van der Waals surface area contributed by atoms with Crippen molar-refractivity contribution in [3.8, 4) is 0 Å². The van der Waals surface area contributed by atoms with E-state index in [1.165, 1.54) is 23.9 Å². The molecule has 7 heteroatoms. The minimum Gasteiger partial charge on any atom is -0.325 e. The van der Waals surface area contributed by atoms with Gasteiger partial charge in [-0.25, -0.2) is 14.4 Å². The highest BCUT2D eigenvalue weighted by atomic mass is 32.2. The molecular formula is C23H17FN4OS. The Kier molecular flexibility index (Phi) is 4.59. The van der Waals surface area contributed by atoms with Gasteiger partial charge in [-0.15, -0.1) is 0 Å². The maximum absolute atomic E-state index is 13.1. The summed E-state index contributed by atoms with van der Waals surface area (Å²) in [5.41, 5.74) is 4.02. The second-order valence-electron chi connectivity index (χ2n) is 6.93.